The summed E-state index contributed by atoms with van der Waals surface area (Å²) in [5, 5.41) is 43.0. The van der Waals surface area contributed by atoms with Crippen molar-refractivity contribution in [2.45, 2.75) is 143 Å². The third-order valence-electron chi connectivity index (χ3n) is 15.3. The molecule has 14 atom stereocenters. The van der Waals surface area contributed by atoms with Crippen LogP contribution >= 0.6 is 0 Å². The second-order valence-electron chi connectivity index (χ2n) is 17.3. The fraction of sp³-hybridized carbons (Fsp3) is 0.917. The number of esters is 1. The summed E-state index contributed by atoms with van der Waals surface area (Å²) in [4.78, 5) is 13.6. The number of ether oxygens (including phenoxy) is 3. The van der Waals surface area contributed by atoms with Crippen LogP contribution in [0.2, 0.25) is 0 Å². The SMILES string of the molecule is COC(=O)C12CCC(C)C(C)(O)C1C1=CCC3C4(C)CCC(OC5OCC(O)C(O)C5O)C(C)(C)C4CCC3(C)C1(C)CC2. The lowest BCUT2D eigenvalue weighted by Gasteiger charge is -2.72. The Kier molecular flexibility index (Phi) is 7.84. The molecule has 5 aliphatic carbocycles. The molecule has 1 aliphatic heterocycles. The summed E-state index contributed by atoms with van der Waals surface area (Å²) in [6, 6.07) is 0. The quantitative estimate of drug-likeness (QED) is 0.203. The van der Waals surface area contributed by atoms with E-state index in [2.05, 4.69) is 47.6 Å². The van der Waals surface area contributed by atoms with Crippen LogP contribution in [0.1, 0.15) is 106 Å². The Hall–Kier alpha value is -1.03. The van der Waals surface area contributed by atoms with Crippen molar-refractivity contribution in [1.82, 2.24) is 0 Å². The number of allylic oxidation sites excluding steroid dienone is 1. The molecule has 250 valence electrons. The minimum Gasteiger partial charge on any atom is -0.469 e. The van der Waals surface area contributed by atoms with Crippen molar-refractivity contribution in [3.8, 4) is 0 Å². The van der Waals surface area contributed by atoms with Crippen LogP contribution in [0.25, 0.3) is 0 Å². The minimum absolute atomic E-state index is 0.00801. The number of aliphatic hydroxyl groups excluding tert-OH is 3. The van der Waals surface area contributed by atoms with Crippen molar-refractivity contribution in [1.29, 1.82) is 0 Å². The highest BCUT2D eigenvalue weighted by molar-refractivity contribution is 5.79. The second kappa shape index (κ2) is 10.5. The molecular formula is C36H58O8. The molecule has 14 unspecified atom stereocenters. The van der Waals surface area contributed by atoms with Gasteiger partial charge in [0.2, 0.25) is 0 Å². The molecule has 0 spiro atoms. The number of fused-ring (bicyclic) bond motifs is 7. The second-order valence-corrected chi connectivity index (χ2v) is 17.3. The maximum Gasteiger partial charge on any atom is 0.312 e. The van der Waals surface area contributed by atoms with Gasteiger partial charge in [0.25, 0.3) is 0 Å². The number of aliphatic hydroxyl groups is 4. The van der Waals surface area contributed by atoms with Gasteiger partial charge in [-0.25, -0.2) is 0 Å². The molecule has 0 radical (unpaired) electrons. The molecule has 8 heteroatoms. The van der Waals surface area contributed by atoms with Crippen LogP contribution in [-0.2, 0) is 19.0 Å². The van der Waals surface area contributed by atoms with E-state index >= 15 is 0 Å². The molecule has 0 aromatic rings. The molecule has 4 saturated carbocycles. The van der Waals surface area contributed by atoms with E-state index in [0.29, 0.717) is 11.8 Å². The lowest BCUT2D eigenvalue weighted by Crippen LogP contribution is -2.68. The molecule has 1 saturated heterocycles. The molecule has 6 rings (SSSR count). The third kappa shape index (κ3) is 4.19. The zero-order chi connectivity index (χ0) is 32.3. The Bertz CT molecular complexity index is 1180. The van der Waals surface area contributed by atoms with Crippen LogP contribution in [0, 0.1) is 50.7 Å². The fourth-order valence-electron chi connectivity index (χ4n) is 12.3. The molecule has 1 heterocycles. The van der Waals surface area contributed by atoms with Gasteiger partial charge in [-0.15, -0.1) is 0 Å². The number of carbonyl (C=O) groups excluding carboxylic acids is 1. The fourth-order valence-corrected chi connectivity index (χ4v) is 12.3. The van der Waals surface area contributed by atoms with Crippen molar-refractivity contribution in [3.63, 3.8) is 0 Å². The van der Waals surface area contributed by atoms with Gasteiger partial charge in [0, 0.05) is 5.92 Å². The first-order chi connectivity index (χ1) is 20.4. The van der Waals surface area contributed by atoms with Crippen LogP contribution < -0.4 is 0 Å². The van der Waals surface area contributed by atoms with E-state index in [-0.39, 0.29) is 52.2 Å². The van der Waals surface area contributed by atoms with Gasteiger partial charge in [-0.3, -0.25) is 4.79 Å². The van der Waals surface area contributed by atoms with Gasteiger partial charge in [0.05, 0.1) is 30.8 Å². The van der Waals surface area contributed by atoms with Gasteiger partial charge in [-0.2, -0.15) is 0 Å². The highest BCUT2D eigenvalue weighted by atomic mass is 16.7. The summed E-state index contributed by atoms with van der Waals surface area (Å²) in [5.41, 5.74) is -0.632. The van der Waals surface area contributed by atoms with Crippen molar-refractivity contribution in [2.75, 3.05) is 13.7 Å². The van der Waals surface area contributed by atoms with Crippen molar-refractivity contribution < 1.29 is 39.4 Å². The predicted molar refractivity (Wildman–Crippen MR) is 165 cm³/mol. The summed E-state index contributed by atoms with van der Waals surface area (Å²) in [6.45, 7) is 16.1. The molecule has 0 aromatic heterocycles. The standard InChI is InChI=1S/C36H58O8/c1-20-11-16-36(30(40)42-8)18-17-33(5)21(28(36)35(20,7)41)9-10-24-32(4)14-13-25(31(2,3)23(32)12-15-34(24,33)6)44-29-27(39)26(38)22(37)19-43-29/h9,20,22-29,37-39,41H,10-19H2,1-8H3. The van der Waals surface area contributed by atoms with E-state index in [1.54, 1.807) is 0 Å². The maximum atomic E-state index is 13.6. The van der Waals surface area contributed by atoms with Crippen LogP contribution in [0.3, 0.4) is 0 Å². The maximum absolute atomic E-state index is 13.6. The van der Waals surface area contributed by atoms with Gasteiger partial charge in [0.15, 0.2) is 6.29 Å². The molecule has 0 amide bonds. The molecule has 0 bridgehead atoms. The molecule has 8 nitrogen and oxygen atoms in total. The van der Waals surface area contributed by atoms with E-state index in [0.717, 1.165) is 57.8 Å². The first kappa shape index (κ1) is 32.9. The normalized spacial score (nSPS) is 55.0. The lowest BCUT2D eigenvalue weighted by atomic mass is 9.33. The van der Waals surface area contributed by atoms with Crippen LogP contribution in [0.4, 0.5) is 0 Å². The average molecular weight is 619 g/mol. The van der Waals surface area contributed by atoms with Gasteiger partial charge in [-0.05, 0) is 104 Å². The average Bonchev–Trinajstić information content (AvgIpc) is 2.96. The van der Waals surface area contributed by atoms with Crippen LogP contribution in [0.15, 0.2) is 11.6 Å². The smallest absolute Gasteiger partial charge is 0.312 e. The summed E-state index contributed by atoms with van der Waals surface area (Å²) in [6.07, 6.45) is 5.76. The third-order valence-corrected chi connectivity index (χ3v) is 15.3. The number of rotatable bonds is 3. The van der Waals surface area contributed by atoms with Gasteiger partial charge in [-0.1, -0.05) is 53.2 Å². The van der Waals surface area contributed by atoms with E-state index in [4.69, 9.17) is 14.2 Å². The molecule has 6 aliphatic rings. The minimum atomic E-state index is -1.29. The first-order valence-electron chi connectivity index (χ1n) is 17.2. The Morgan fingerprint density at radius 3 is 2.30 bits per heavy atom. The Morgan fingerprint density at radius 2 is 1.61 bits per heavy atom. The first-order valence-corrected chi connectivity index (χ1v) is 17.2. The van der Waals surface area contributed by atoms with E-state index in [1.165, 1.54) is 12.7 Å². The van der Waals surface area contributed by atoms with Gasteiger partial charge < -0.3 is 34.6 Å². The van der Waals surface area contributed by atoms with E-state index < -0.39 is 35.6 Å². The Balaban J connectivity index is 1.33. The van der Waals surface area contributed by atoms with E-state index in [1.807, 2.05) is 6.92 Å². The summed E-state index contributed by atoms with van der Waals surface area (Å²) in [5.74, 6) is 0.517. The summed E-state index contributed by atoms with van der Waals surface area (Å²) in [7, 11) is 1.50. The largest absolute Gasteiger partial charge is 0.469 e. The van der Waals surface area contributed by atoms with Gasteiger partial charge >= 0.3 is 5.97 Å². The van der Waals surface area contributed by atoms with Crippen LogP contribution in [0.5, 0.6) is 0 Å². The number of methoxy groups -OCH3 is 1. The van der Waals surface area contributed by atoms with Crippen LogP contribution in [-0.4, -0.2) is 76.4 Å². The Labute approximate surface area is 263 Å². The topological polar surface area (TPSA) is 126 Å². The molecule has 4 N–H and O–H groups in total. The molecular weight excluding hydrogens is 560 g/mol. The van der Waals surface area contributed by atoms with Crippen molar-refractivity contribution in [2.24, 2.45) is 50.7 Å². The highest BCUT2D eigenvalue weighted by Gasteiger charge is 2.71. The predicted octanol–water partition coefficient (Wildman–Crippen LogP) is 4.76. The Morgan fingerprint density at radius 1 is 0.909 bits per heavy atom. The monoisotopic (exact) mass is 618 g/mol. The van der Waals surface area contributed by atoms with Gasteiger partial charge in [0.1, 0.15) is 18.3 Å². The number of hydrogen-bond donors (Lipinski definition) is 4. The molecule has 5 fully saturated rings. The number of carbonyl (C=O) groups is 1. The zero-order valence-corrected chi connectivity index (χ0v) is 28.3. The van der Waals surface area contributed by atoms with Crippen molar-refractivity contribution >= 4 is 5.97 Å². The molecule has 44 heavy (non-hydrogen) atoms. The number of hydrogen-bond acceptors (Lipinski definition) is 8. The zero-order valence-electron chi connectivity index (χ0n) is 28.3. The summed E-state index contributed by atoms with van der Waals surface area (Å²) >= 11 is 0. The van der Waals surface area contributed by atoms with Crippen molar-refractivity contribution in [3.05, 3.63) is 11.6 Å². The highest BCUT2D eigenvalue weighted by Crippen LogP contribution is 2.76. The molecule has 0 aromatic carbocycles. The lowest BCUT2D eigenvalue weighted by molar-refractivity contribution is -0.308. The van der Waals surface area contributed by atoms with E-state index in [9.17, 15) is 25.2 Å². The summed E-state index contributed by atoms with van der Waals surface area (Å²) < 4.78 is 17.6.